The number of phenols is 3. The van der Waals surface area contributed by atoms with Gasteiger partial charge in [0.15, 0.2) is 11.5 Å². The molecular weight excluding hydrogens is 224 g/mol. The first kappa shape index (κ1) is 17.4. The van der Waals surface area contributed by atoms with Crippen LogP contribution in [0.5, 0.6) is 17.2 Å². The van der Waals surface area contributed by atoms with E-state index in [1.54, 1.807) is 13.8 Å². The Morgan fingerprint density at radius 2 is 1.06 bits per heavy atom. The molecule has 0 unspecified atom stereocenters. The molecule has 3 nitrogen and oxygen atoms in total. The molecule has 0 saturated heterocycles. The van der Waals surface area contributed by atoms with E-state index in [9.17, 15) is 10.2 Å². The van der Waals surface area contributed by atoms with Crippen molar-refractivity contribution in [2.45, 2.75) is 46.4 Å². The third kappa shape index (κ3) is 3.52. The van der Waals surface area contributed by atoms with Gasteiger partial charge in [-0.1, -0.05) is 27.7 Å². The molecule has 16 heavy (non-hydrogen) atoms. The Bertz CT molecular complexity index is 231. The lowest BCUT2D eigenvalue weighted by Gasteiger charge is -2.10. The third-order valence-corrected chi connectivity index (χ3v) is 2.49. The molecule has 0 bridgehead atoms. The highest BCUT2D eigenvalue weighted by Gasteiger charge is 2.15. The van der Waals surface area contributed by atoms with Gasteiger partial charge in [0.25, 0.3) is 0 Å². The van der Waals surface area contributed by atoms with Crippen molar-refractivity contribution in [3.63, 3.8) is 0 Å². The molecular formula is C12H22O3S. The SMILES string of the molecule is CC.CC.Cc1c(C)c(S)c(O)c(O)c1O. The van der Waals surface area contributed by atoms with Crippen LogP contribution in [0.4, 0.5) is 0 Å². The van der Waals surface area contributed by atoms with Gasteiger partial charge in [-0.15, -0.1) is 12.6 Å². The molecule has 3 N–H and O–H groups in total. The van der Waals surface area contributed by atoms with Gasteiger partial charge in [0.1, 0.15) is 0 Å². The van der Waals surface area contributed by atoms with Crippen LogP contribution in [0.15, 0.2) is 4.90 Å². The molecule has 0 radical (unpaired) electrons. The van der Waals surface area contributed by atoms with E-state index in [2.05, 4.69) is 12.6 Å². The van der Waals surface area contributed by atoms with Crippen molar-refractivity contribution in [3.05, 3.63) is 11.1 Å². The van der Waals surface area contributed by atoms with Crippen LogP contribution in [-0.2, 0) is 0 Å². The van der Waals surface area contributed by atoms with Gasteiger partial charge in [-0.05, 0) is 25.0 Å². The Morgan fingerprint density at radius 3 is 1.44 bits per heavy atom. The van der Waals surface area contributed by atoms with E-state index in [1.165, 1.54) is 0 Å². The number of hydrogen-bond acceptors (Lipinski definition) is 4. The summed E-state index contributed by atoms with van der Waals surface area (Å²) in [4.78, 5) is 0.294. The second-order valence-electron chi connectivity index (χ2n) is 2.64. The smallest absolute Gasteiger partial charge is 0.201 e. The molecule has 0 saturated carbocycles. The molecule has 1 aromatic carbocycles. The van der Waals surface area contributed by atoms with E-state index in [-0.39, 0.29) is 11.5 Å². The zero-order valence-corrected chi connectivity index (χ0v) is 11.7. The predicted octanol–water partition coefficient (Wildman–Crippen LogP) is 3.76. The van der Waals surface area contributed by atoms with E-state index in [0.717, 1.165) is 0 Å². The van der Waals surface area contributed by atoms with Gasteiger partial charge in [-0.3, -0.25) is 0 Å². The highest BCUT2D eigenvalue weighted by atomic mass is 32.1. The minimum Gasteiger partial charge on any atom is -0.504 e. The molecule has 1 aromatic rings. The monoisotopic (exact) mass is 246 g/mol. The Morgan fingerprint density at radius 1 is 0.688 bits per heavy atom. The van der Waals surface area contributed by atoms with Crippen LogP contribution in [0.25, 0.3) is 0 Å². The fourth-order valence-corrected chi connectivity index (χ4v) is 1.21. The zero-order valence-electron chi connectivity index (χ0n) is 10.8. The van der Waals surface area contributed by atoms with Gasteiger partial charge >= 0.3 is 0 Å². The van der Waals surface area contributed by atoms with Crippen molar-refractivity contribution in [1.29, 1.82) is 0 Å². The normalized spacial score (nSPS) is 8.44. The summed E-state index contributed by atoms with van der Waals surface area (Å²) in [7, 11) is 0. The van der Waals surface area contributed by atoms with Crippen molar-refractivity contribution < 1.29 is 15.3 Å². The van der Waals surface area contributed by atoms with E-state index >= 15 is 0 Å². The molecule has 0 aliphatic heterocycles. The molecule has 0 heterocycles. The highest BCUT2D eigenvalue weighted by Crippen LogP contribution is 2.43. The molecule has 4 heteroatoms. The van der Waals surface area contributed by atoms with Gasteiger partial charge < -0.3 is 15.3 Å². The Labute approximate surface area is 103 Å². The van der Waals surface area contributed by atoms with Gasteiger partial charge in [-0.2, -0.15) is 0 Å². The summed E-state index contributed by atoms with van der Waals surface area (Å²) in [6.45, 7) is 11.3. The van der Waals surface area contributed by atoms with Crippen LogP contribution >= 0.6 is 12.6 Å². The molecule has 94 valence electrons. The summed E-state index contributed by atoms with van der Waals surface area (Å²) in [5.41, 5.74) is 1.18. The standard InChI is InChI=1S/C8H10O3S.2C2H6/c1-3-4(2)8(12)7(11)6(10)5(3)9;2*1-2/h9-12H,1-2H3;2*1-2H3. The molecule has 0 aliphatic rings. The number of benzene rings is 1. The van der Waals surface area contributed by atoms with Gasteiger partial charge in [0.05, 0.1) is 4.90 Å². The maximum atomic E-state index is 9.25. The number of phenolic OH excluding ortho intramolecular Hbond substituents is 3. The number of aromatic hydroxyl groups is 3. The highest BCUT2D eigenvalue weighted by molar-refractivity contribution is 7.80. The topological polar surface area (TPSA) is 60.7 Å². The average molecular weight is 246 g/mol. The van der Waals surface area contributed by atoms with E-state index in [4.69, 9.17) is 5.11 Å². The maximum absolute atomic E-state index is 9.25. The lowest BCUT2D eigenvalue weighted by molar-refractivity contribution is 0.359. The van der Waals surface area contributed by atoms with Gasteiger partial charge in [0.2, 0.25) is 5.75 Å². The van der Waals surface area contributed by atoms with Crippen LogP contribution in [0.1, 0.15) is 38.8 Å². The summed E-state index contributed by atoms with van der Waals surface area (Å²) < 4.78 is 0. The number of thiol groups is 1. The first-order valence-corrected chi connectivity index (χ1v) is 5.84. The van der Waals surface area contributed by atoms with Crippen LogP contribution in [-0.4, -0.2) is 15.3 Å². The number of hydrogen-bond donors (Lipinski definition) is 4. The van der Waals surface area contributed by atoms with E-state index in [0.29, 0.717) is 16.0 Å². The lowest BCUT2D eigenvalue weighted by Crippen LogP contribution is -1.86. The van der Waals surface area contributed by atoms with Crippen LogP contribution in [0, 0.1) is 13.8 Å². The Hall–Kier alpha value is -1.03. The lowest BCUT2D eigenvalue weighted by atomic mass is 10.1. The summed E-state index contributed by atoms with van der Waals surface area (Å²) in [5.74, 6) is -1.18. The fraction of sp³-hybridized carbons (Fsp3) is 0.500. The average Bonchev–Trinajstić information content (AvgIpc) is 2.36. The second-order valence-corrected chi connectivity index (χ2v) is 3.09. The van der Waals surface area contributed by atoms with Crippen molar-refractivity contribution in [1.82, 2.24) is 0 Å². The minimum atomic E-state index is -0.511. The molecule has 0 aliphatic carbocycles. The van der Waals surface area contributed by atoms with Crippen LogP contribution in [0.3, 0.4) is 0 Å². The zero-order chi connectivity index (χ0) is 13.5. The first-order chi connectivity index (χ1) is 7.46. The Kier molecular flexibility index (Phi) is 8.86. The molecule has 1 rings (SSSR count). The molecule has 0 aromatic heterocycles. The number of rotatable bonds is 0. The van der Waals surface area contributed by atoms with E-state index in [1.807, 2.05) is 27.7 Å². The third-order valence-electron chi connectivity index (χ3n) is 1.95. The fourth-order valence-electron chi connectivity index (χ4n) is 0.935. The van der Waals surface area contributed by atoms with Gasteiger partial charge in [0, 0.05) is 0 Å². The van der Waals surface area contributed by atoms with E-state index < -0.39 is 5.75 Å². The van der Waals surface area contributed by atoms with Crippen LogP contribution < -0.4 is 0 Å². The summed E-state index contributed by atoms with van der Waals surface area (Å²) in [5, 5.41) is 27.6. The summed E-state index contributed by atoms with van der Waals surface area (Å²) in [6, 6.07) is 0. The first-order valence-electron chi connectivity index (χ1n) is 5.39. The van der Waals surface area contributed by atoms with Crippen molar-refractivity contribution in [2.75, 3.05) is 0 Å². The van der Waals surface area contributed by atoms with Crippen molar-refractivity contribution in [3.8, 4) is 17.2 Å². The van der Waals surface area contributed by atoms with Crippen molar-refractivity contribution >= 4 is 12.6 Å². The largest absolute Gasteiger partial charge is 0.504 e. The predicted molar refractivity (Wildman–Crippen MR) is 70.9 cm³/mol. The van der Waals surface area contributed by atoms with Crippen molar-refractivity contribution in [2.24, 2.45) is 0 Å². The molecule has 0 atom stereocenters. The summed E-state index contributed by atoms with van der Waals surface area (Å²) in [6.07, 6.45) is 0. The summed E-state index contributed by atoms with van der Waals surface area (Å²) >= 11 is 3.98. The maximum Gasteiger partial charge on any atom is 0.201 e. The molecule has 0 fully saturated rings. The Balaban J connectivity index is 0. The quantitative estimate of drug-likeness (QED) is 0.416. The molecule has 0 spiro atoms. The minimum absolute atomic E-state index is 0.289. The van der Waals surface area contributed by atoms with Gasteiger partial charge in [-0.25, -0.2) is 0 Å². The van der Waals surface area contributed by atoms with Crippen LogP contribution in [0.2, 0.25) is 0 Å². The molecule has 0 amide bonds. The second kappa shape index (κ2) is 8.16.